The van der Waals surface area contributed by atoms with Gasteiger partial charge in [-0.05, 0) is 50.8 Å². The van der Waals surface area contributed by atoms with Crippen LogP contribution < -0.4 is 9.47 Å². The minimum atomic E-state index is 0.673. The topological polar surface area (TPSA) is 18.5 Å². The molecule has 0 aromatic heterocycles. The molecular formula is C17H16Br2O2. The fourth-order valence-electron chi connectivity index (χ4n) is 2.42. The van der Waals surface area contributed by atoms with E-state index in [1.54, 1.807) is 0 Å². The van der Waals surface area contributed by atoms with Gasteiger partial charge >= 0.3 is 0 Å². The lowest BCUT2D eigenvalue weighted by Crippen LogP contribution is -2.02. The summed E-state index contributed by atoms with van der Waals surface area (Å²) in [6.07, 6.45) is 1.92. The Balaban J connectivity index is 1.58. The van der Waals surface area contributed by atoms with E-state index < -0.39 is 0 Å². The van der Waals surface area contributed by atoms with Crippen molar-refractivity contribution >= 4 is 31.9 Å². The second kappa shape index (κ2) is 6.84. The molecule has 0 atom stereocenters. The first kappa shape index (κ1) is 14.9. The van der Waals surface area contributed by atoms with Crippen molar-refractivity contribution in [2.45, 2.75) is 18.2 Å². The van der Waals surface area contributed by atoms with Gasteiger partial charge in [-0.15, -0.1) is 0 Å². The SMILES string of the molecule is BrCc1ccc(OCCc2ccc3c(c2)CCO3)c(Br)c1. The van der Waals surface area contributed by atoms with Gasteiger partial charge in [0, 0.05) is 18.2 Å². The molecular weight excluding hydrogens is 396 g/mol. The number of fused-ring (bicyclic) bond motifs is 1. The zero-order valence-electron chi connectivity index (χ0n) is 11.6. The maximum absolute atomic E-state index is 5.87. The van der Waals surface area contributed by atoms with Crippen LogP contribution in [0, 0.1) is 0 Å². The summed E-state index contributed by atoms with van der Waals surface area (Å²) in [5, 5.41) is 0.850. The fourth-order valence-corrected chi connectivity index (χ4v) is 3.31. The molecule has 1 aliphatic heterocycles. The highest BCUT2D eigenvalue weighted by molar-refractivity contribution is 9.10. The number of halogens is 2. The van der Waals surface area contributed by atoms with E-state index in [1.807, 2.05) is 6.07 Å². The maximum Gasteiger partial charge on any atom is 0.133 e. The second-order valence-corrected chi connectivity index (χ2v) is 6.45. The molecule has 0 spiro atoms. The second-order valence-electron chi connectivity index (χ2n) is 5.04. The van der Waals surface area contributed by atoms with Crippen LogP contribution in [-0.2, 0) is 18.2 Å². The van der Waals surface area contributed by atoms with Crippen molar-refractivity contribution in [2.75, 3.05) is 13.2 Å². The first-order valence-corrected chi connectivity index (χ1v) is 8.89. The number of benzene rings is 2. The van der Waals surface area contributed by atoms with Crippen molar-refractivity contribution < 1.29 is 9.47 Å². The number of hydrogen-bond acceptors (Lipinski definition) is 2. The van der Waals surface area contributed by atoms with Gasteiger partial charge in [-0.2, -0.15) is 0 Å². The smallest absolute Gasteiger partial charge is 0.133 e. The van der Waals surface area contributed by atoms with Gasteiger partial charge in [0.25, 0.3) is 0 Å². The Morgan fingerprint density at radius 1 is 1.10 bits per heavy atom. The van der Waals surface area contributed by atoms with E-state index in [2.05, 4.69) is 62.2 Å². The molecule has 0 aliphatic carbocycles. The average Bonchev–Trinajstić information content (AvgIpc) is 2.96. The van der Waals surface area contributed by atoms with Gasteiger partial charge < -0.3 is 9.47 Å². The molecule has 2 aromatic rings. The Morgan fingerprint density at radius 2 is 1.95 bits per heavy atom. The molecule has 0 saturated carbocycles. The summed E-state index contributed by atoms with van der Waals surface area (Å²) in [7, 11) is 0. The van der Waals surface area contributed by atoms with Crippen LogP contribution >= 0.6 is 31.9 Å². The largest absolute Gasteiger partial charge is 0.493 e. The van der Waals surface area contributed by atoms with Gasteiger partial charge in [-0.1, -0.05) is 34.1 Å². The van der Waals surface area contributed by atoms with Crippen molar-refractivity contribution in [2.24, 2.45) is 0 Å². The molecule has 0 bridgehead atoms. The molecule has 0 fully saturated rings. The minimum Gasteiger partial charge on any atom is -0.493 e. The van der Waals surface area contributed by atoms with E-state index in [1.165, 1.54) is 16.7 Å². The van der Waals surface area contributed by atoms with Gasteiger partial charge in [0.05, 0.1) is 17.7 Å². The summed E-state index contributed by atoms with van der Waals surface area (Å²) < 4.78 is 12.4. The standard InChI is InChI=1S/C17H16Br2O2/c18-11-13-2-4-17(15(19)10-13)21-7-5-12-1-3-16-14(9-12)6-8-20-16/h1-4,9-10H,5-8,11H2. The molecule has 0 amide bonds. The number of hydrogen-bond donors (Lipinski definition) is 0. The lowest BCUT2D eigenvalue weighted by molar-refractivity contribution is 0.320. The Bertz CT molecular complexity index is 641. The quantitative estimate of drug-likeness (QED) is 0.651. The van der Waals surface area contributed by atoms with Crippen LogP contribution in [0.1, 0.15) is 16.7 Å². The van der Waals surface area contributed by atoms with Crippen LogP contribution in [0.25, 0.3) is 0 Å². The zero-order valence-corrected chi connectivity index (χ0v) is 14.7. The predicted molar refractivity (Wildman–Crippen MR) is 91.6 cm³/mol. The maximum atomic E-state index is 5.87. The predicted octanol–water partition coefficient (Wildman–Crippen LogP) is 4.90. The molecule has 1 aliphatic rings. The highest BCUT2D eigenvalue weighted by atomic mass is 79.9. The summed E-state index contributed by atoms with van der Waals surface area (Å²) >= 11 is 7.00. The summed E-state index contributed by atoms with van der Waals surface area (Å²) in [5.74, 6) is 1.93. The van der Waals surface area contributed by atoms with E-state index in [0.717, 1.165) is 40.8 Å². The van der Waals surface area contributed by atoms with Crippen molar-refractivity contribution in [1.29, 1.82) is 0 Å². The Kier molecular flexibility index (Phi) is 4.86. The molecule has 0 N–H and O–H groups in total. The first-order valence-electron chi connectivity index (χ1n) is 6.98. The Hall–Kier alpha value is -1.00. The van der Waals surface area contributed by atoms with Crippen LogP contribution in [0.5, 0.6) is 11.5 Å². The van der Waals surface area contributed by atoms with Gasteiger partial charge in [0.2, 0.25) is 0 Å². The van der Waals surface area contributed by atoms with Crippen LogP contribution in [-0.4, -0.2) is 13.2 Å². The highest BCUT2D eigenvalue weighted by Gasteiger charge is 2.12. The van der Waals surface area contributed by atoms with Gasteiger partial charge in [-0.3, -0.25) is 0 Å². The number of alkyl halides is 1. The van der Waals surface area contributed by atoms with Crippen LogP contribution in [0.2, 0.25) is 0 Å². The van der Waals surface area contributed by atoms with Crippen LogP contribution in [0.15, 0.2) is 40.9 Å². The Labute approximate surface area is 141 Å². The van der Waals surface area contributed by atoms with E-state index >= 15 is 0 Å². The van der Waals surface area contributed by atoms with Crippen molar-refractivity contribution in [3.8, 4) is 11.5 Å². The first-order chi connectivity index (χ1) is 10.3. The van der Waals surface area contributed by atoms with E-state index in [4.69, 9.17) is 9.47 Å². The number of ether oxygens (including phenoxy) is 2. The third kappa shape index (κ3) is 3.61. The lowest BCUT2D eigenvalue weighted by Gasteiger charge is -2.10. The monoisotopic (exact) mass is 410 g/mol. The van der Waals surface area contributed by atoms with Crippen LogP contribution in [0.3, 0.4) is 0 Å². The lowest BCUT2D eigenvalue weighted by atomic mass is 10.1. The molecule has 2 nitrogen and oxygen atoms in total. The summed E-state index contributed by atoms with van der Waals surface area (Å²) in [4.78, 5) is 0. The summed E-state index contributed by atoms with van der Waals surface area (Å²) in [6.45, 7) is 1.48. The molecule has 4 heteroatoms. The average molecular weight is 412 g/mol. The highest BCUT2D eigenvalue weighted by Crippen LogP contribution is 2.28. The van der Waals surface area contributed by atoms with Crippen LogP contribution in [0.4, 0.5) is 0 Å². The molecule has 2 aromatic carbocycles. The Morgan fingerprint density at radius 3 is 2.76 bits per heavy atom. The number of rotatable bonds is 5. The van der Waals surface area contributed by atoms with E-state index in [9.17, 15) is 0 Å². The zero-order chi connectivity index (χ0) is 14.7. The van der Waals surface area contributed by atoms with Crippen molar-refractivity contribution in [3.63, 3.8) is 0 Å². The van der Waals surface area contributed by atoms with E-state index in [0.29, 0.717) is 6.61 Å². The van der Waals surface area contributed by atoms with Gasteiger partial charge in [0.1, 0.15) is 11.5 Å². The van der Waals surface area contributed by atoms with E-state index in [-0.39, 0.29) is 0 Å². The molecule has 0 unspecified atom stereocenters. The molecule has 0 radical (unpaired) electrons. The van der Waals surface area contributed by atoms with Crippen molar-refractivity contribution in [1.82, 2.24) is 0 Å². The summed E-state index contributed by atoms with van der Waals surface area (Å²) in [5.41, 5.74) is 3.84. The third-order valence-electron chi connectivity index (χ3n) is 3.55. The molecule has 1 heterocycles. The normalized spacial score (nSPS) is 12.9. The van der Waals surface area contributed by atoms with Gasteiger partial charge in [-0.25, -0.2) is 0 Å². The van der Waals surface area contributed by atoms with Crippen molar-refractivity contribution in [3.05, 3.63) is 57.6 Å². The third-order valence-corrected chi connectivity index (χ3v) is 4.82. The minimum absolute atomic E-state index is 0.673. The van der Waals surface area contributed by atoms with Gasteiger partial charge in [0.15, 0.2) is 0 Å². The summed E-state index contributed by atoms with van der Waals surface area (Å²) in [6, 6.07) is 12.6. The molecule has 3 rings (SSSR count). The molecule has 21 heavy (non-hydrogen) atoms. The molecule has 0 saturated heterocycles. The fraction of sp³-hybridized carbons (Fsp3) is 0.294. The molecule has 110 valence electrons.